The molecule has 1 aliphatic heterocycles. The molecule has 1 aliphatic rings. The van der Waals surface area contributed by atoms with Gasteiger partial charge in [-0.15, -0.1) is 0 Å². The molecule has 0 aromatic carbocycles. The summed E-state index contributed by atoms with van der Waals surface area (Å²) < 4.78 is 1.64. The maximum absolute atomic E-state index is 4.44. The minimum atomic E-state index is 0.433. The molecular weight excluding hydrogens is 274 g/mol. The molecular formula is C12H17N7S. The monoisotopic (exact) mass is 291 g/mol. The maximum Gasteiger partial charge on any atom is 0.257 e. The Labute approximate surface area is 121 Å². The third kappa shape index (κ3) is 3.01. The molecule has 106 valence electrons. The Bertz CT molecular complexity index is 551. The Morgan fingerprint density at radius 1 is 1.35 bits per heavy atom. The van der Waals surface area contributed by atoms with Gasteiger partial charge in [0.1, 0.15) is 0 Å². The van der Waals surface area contributed by atoms with Crippen molar-refractivity contribution < 1.29 is 0 Å². The predicted molar refractivity (Wildman–Crippen MR) is 80.5 cm³/mol. The van der Waals surface area contributed by atoms with Crippen molar-refractivity contribution in [2.45, 2.75) is 19.4 Å². The molecule has 3 heterocycles. The molecule has 0 saturated carbocycles. The minimum absolute atomic E-state index is 0.433. The van der Waals surface area contributed by atoms with Gasteiger partial charge in [0.05, 0.1) is 0 Å². The lowest BCUT2D eigenvalue weighted by Crippen LogP contribution is -2.21. The van der Waals surface area contributed by atoms with Crippen molar-refractivity contribution in [3.8, 4) is 5.95 Å². The lowest BCUT2D eigenvalue weighted by molar-refractivity contribution is 0.768. The summed E-state index contributed by atoms with van der Waals surface area (Å²) >= 11 is 1.95. The highest BCUT2D eigenvalue weighted by Crippen LogP contribution is 2.20. The van der Waals surface area contributed by atoms with Crippen LogP contribution < -0.4 is 10.6 Å². The van der Waals surface area contributed by atoms with E-state index in [4.69, 9.17) is 0 Å². The summed E-state index contributed by atoms with van der Waals surface area (Å²) in [6.45, 7) is 2.78. The molecule has 1 atom stereocenters. The number of anilines is 2. The third-order valence-electron chi connectivity index (χ3n) is 2.93. The van der Waals surface area contributed by atoms with E-state index in [0.29, 0.717) is 23.9 Å². The molecule has 0 radical (unpaired) electrons. The van der Waals surface area contributed by atoms with Gasteiger partial charge in [0, 0.05) is 30.7 Å². The molecule has 2 aromatic rings. The summed E-state index contributed by atoms with van der Waals surface area (Å²) in [7, 11) is 0. The molecule has 1 fully saturated rings. The van der Waals surface area contributed by atoms with Crippen LogP contribution in [0.1, 0.15) is 13.3 Å². The van der Waals surface area contributed by atoms with Gasteiger partial charge in [-0.2, -0.15) is 31.8 Å². The third-order valence-corrected chi connectivity index (χ3v) is 4.09. The second-order valence-corrected chi connectivity index (χ2v) is 5.62. The van der Waals surface area contributed by atoms with Crippen molar-refractivity contribution in [2.24, 2.45) is 0 Å². The first kappa shape index (κ1) is 13.2. The Balaban J connectivity index is 1.87. The van der Waals surface area contributed by atoms with Gasteiger partial charge in [0.15, 0.2) is 0 Å². The molecule has 1 saturated heterocycles. The van der Waals surface area contributed by atoms with Crippen LogP contribution in [0.2, 0.25) is 0 Å². The van der Waals surface area contributed by atoms with Crippen molar-refractivity contribution in [3.05, 3.63) is 18.5 Å². The van der Waals surface area contributed by atoms with Crippen LogP contribution in [-0.4, -0.2) is 48.8 Å². The van der Waals surface area contributed by atoms with Crippen LogP contribution in [0, 0.1) is 0 Å². The van der Waals surface area contributed by atoms with E-state index in [0.717, 1.165) is 18.7 Å². The van der Waals surface area contributed by atoms with E-state index in [9.17, 15) is 0 Å². The first-order chi connectivity index (χ1) is 9.85. The highest BCUT2D eigenvalue weighted by Gasteiger charge is 2.17. The average Bonchev–Trinajstić information content (AvgIpc) is 3.11. The minimum Gasteiger partial charge on any atom is -0.354 e. The van der Waals surface area contributed by atoms with Crippen LogP contribution in [0.4, 0.5) is 11.9 Å². The highest BCUT2D eigenvalue weighted by atomic mass is 32.2. The molecule has 3 rings (SSSR count). The van der Waals surface area contributed by atoms with Gasteiger partial charge in [-0.05, 0) is 25.2 Å². The van der Waals surface area contributed by atoms with E-state index in [-0.39, 0.29) is 0 Å². The van der Waals surface area contributed by atoms with E-state index in [1.165, 1.54) is 5.75 Å². The first-order valence-electron chi connectivity index (χ1n) is 6.69. The molecule has 1 unspecified atom stereocenters. The number of nitrogens with zero attached hydrogens (tertiary/aromatic N) is 5. The zero-order valence-electron chi connectivity index (χ0n) is 11.3. The fourth-order valence-electron chi connectivity index (χ4n) is 1.99. The number of nitrogens with one attached hydrogen (secondary N) is 2. The van der Waals surface area contributed by atoms with Crippen LogP contribution >= 0.6 is 11.8 Å². The normalized spacial score (nSPS) is 18.1. The van der Waals surface area contributed by atoms with E-state index >= 15 is 0 Å². The van der Waals surface area contributed by atoms with Gasteiger partial charge in [-0.3, -0.25) is 0 Å². The van der Waals surface area contributed by atoms with Gasteiger partial charge in [0.25, 0.3) is 5.95 Å². The largest absolute Gasteiger partial charge is 0.354 e. The summed E-state index contributed by atoms with van der Waals surface area (Å²) in [4.78, 5) is 13.2. The van der Waals surface area contributed by atoms with Crippen molar-refractivity contribution in [3.63, 3.8) is 0 Å². The Hall–Kier alpha value is -1.83. The van der Waals surface area contributed by atoms with Gasteiger partial charge >= 0.3 is 0 Å². The van der Waals surface area contributed by atoms with E-state index in [1.807, 2.05) is 30.9 Å². The number of rotatable bonds is 5. The summed E-state index contributed by atoms with van der Waals surface area (Å²) in [6.07, 6.45) is 4.67. The highest BCUT2D eigenvalue weighted by molar-refractivity contribution is 7.99. The van der Waals surface area contributed by atoms with Crippen LogP contribution in [0.15, 0.2) is 18.5 Å². The Kier molecular flexibility index (Phi) is 4.00. The SMILES string of the molecule is CCNc1nc(NC2CCSC2)nc(-n2cccn2)n1. The smallest absolute Gasteiger partial charge is 0.257 e. The number of hydrogen-bond acceptors (Lipinski definition) is 7. The van der Waals surface area contributed by atoms with E-state index in [2.05, 4.69) is 30.7 Å². The van der Waals surface area contributed by atoms with Crippen molar-refractivity contribution in [2.75, 3.05) is 28.7 Å². The summed E-state index contributed by atoms with van der Waals surface area (Å²) in [5.41, 5.74) is 0. The summed E-state index contributed by atoms with van der Waals surface area (Å²) in [6, 6.07) is 2.28. The maximum atomic E-state index is 4.44. The number of aromatic nitrogens is 5. The quantitative estimate of drug-likeness (QED) is 0.862. The molecule has 0 aliphatic carbocycles. The molecule has 2 aromatic heterocycles. The number of hydrogen-bond donors (Lipinski definition) is 2. The lowest BCUT2D eigenvalue weighted by Gasteiger charge is -2.13. The van der Waals surface area contributed by atoms with Crippen molar-refractivity contribution in [1.29, 1.82) is 0 Å². The van der Waals surface area contributed by atoms with Crippen LogP contribution in [0.3, 0.4) is 0 Å². The molecule has 20 heavy (non-hydrogen) atoms. The molecule has 7 nitrogen and oxygen atoms in total. The van der Waals surface area contributed by atoms with Crippen LogP contribution in [0.5, 0.6) is 0 Å². The topological polar surface area (TPSA) is 80.5 Å². The van der Waals surface area contributed by atoms with Gasteiger partial charge in [-0.1, -0.05) is 0 Å². The van der Waals surface area contributed by atoms with Crippen molar-refractivity contribution in [1.82, 2.24) is 24.7 Å². The molecule has 0 amide bonds. The van der Waals surface area contributed by atoms with E-state index in [1.54, 1.807) is 10.9 Å². The molecule has 0 bridgehead atoms. The standard InChI is InChI=1S/C12H17N7S/c1-2-13-10-16-11(15-9-4-7-20-8-9)18-12(17-10)19-6-3-5-14-19/h3,5-6,9H,2,4,7-8H2,1H3,(H2,13,15,16,17,18). The van der Waals surface area contributed by atoms with E-state index < -0.39 is 0 Å². The molecule has 2 N–H and O–H groups in total. The lowest BCUT2D eigenvalue weighted by atomic mass is 10.3. The first-order valence-corrected chi connectivity index (χ1v) is 7.85. The second kappa shape index (κ2) is 6.08. The Morgan fingerprint density at radius 2 is 2.25 bits per heavy atom. The number of thioether (sulfide) groups is 1. The fraction of sp³-hybridized carbons (Fsp3) is 0.500. The zero-order valence-corrected chi connectivity index (χ0v) is 12.1. The predicted octanol–water partition coefficient (Wildman–Crippen LogP) is 1.41. The summed E-state index contributed by atoms with van der Waals surface area (Å²) in [5, 5.41) is 10.7. The van der Waals surface area contributed by atoms with Gasteiger partial charge in [-0.25, -0.2) is 4.68 Å². The fourth-order valence-corrected chi connectivity index (χ4v) is 3.14. The van der Waals surface area contributed by atoms with Crippen molar-refractivity contribution >= 4 is 23.7 Å². The van der Waals surface area contributed by atoms with Gasteiger partial charge in [0.2, 0.25) is 11.9 Å². The van der Waals surface area contributed by atoms with Crippen LogP contribution in [0.25, 0.3) is 5.95 Å². The Morgan fingerprint density at radius 3 is 2.95 bits per heavy atom. The second-order valence-electron chi connectivity index (χ2n) is 4.47. The molecule has 0 spiro atoms. The molecule has 8 heteroatoms. The zero-order chi connectivity index (χ0) is 13.8. The van der Waals surface area contributed by atoms with Crippen LogP contribution in [-0.2, 0) is 0 Å². The average molecular weight is 291 g/mol. The van der Waals surface area contributed by atoms with Gasteiger partial charge < -0.3 is 10.6 Å². The summed E-state index contributed by atoms with van der Waals surface area (Å²) in [5.74, 6) is 3.98.